The fraction of sp³-hybridized carbons (Fsp3) is 0.375. The van der Waals surface area contributed by atoms with Gasteiger partial charge >= 0.3 is 0 Å². The quantitative estimate of drug-likeness (QED) is 0.288. The number of anilines is 1. The summed E-state index contributed by atoms with van der Waals surface area (Å²) in [7, 11) is -1.18. The Morgan fingerprint density at radius 2 is 1.63 bits per heavy atom. The monoisotopic (exact) mass is 627 g/mol. The molecule has 1 aliphatic carbocycles. The van der Waals surface area contributed by atoms with Crippen molar-refractivity contribution in [3.63, 3.8) is 0 Å². The molecule has 11 heteroatoms. The van der Waals surface area contributed by atoms with E-state index in [0.717, 1.165) is 42.0 Å². The van der Waals surface area contributed by atoms with Crippen LogP contribution in [0.2, 0.25) is 5.02 Å². The van der Waals surface area contributed by atoms with Gasteiger partial charge < -0.3 is 19.7 Å². The molecular formula is C32H38ClN3O6S. The van der Waals surface area contributed by atoms with Gasteiger partial charge in [-0.15, -0.1) is 0 Å². The lowest BCUT2D eigenvalue weighted by atomic mass is 9.95. The summed E-state index contributed by atoms with van der Waals surface area (Å²) < 4.78 is 39.4. The molecule has 9 nitrogen and oxygen atoms in total. The molecule has 43 heavy (non-hydrogen) atoms. The van der Waals surface area contributed by atoms with Gasteiger partial charge in [-0.3, -0.25) is 13.9 Å². The summed E-state index contributed by atoms with van der Waals surface area (Å²) >= 11 is 6.38. The number of rotatable bonds is 12. The van der Waals surface area contributed by atoms with Crippen molar-refractivity contribution in [1.29, 1.82) is 0 Å². The van der Waals surface area contributed by atoms with E-state index < -0.39 is 28.5 Å². The van der Waals surface area contributed by atoms with Crippen molar-refractivity contribution in [1.82, 2.24) is 10.2 Å². The average molecular weight is 628 g/mol. The number of ether oxygens (including phenoxy) is 2. The number of hydrogen-bond donors (Lipinski definition) is 1. The number of nitrogens with one attached hydrogen (secondary N) is 1. The van der Waals surface area contributed by atoms with E-state index in [1.54, 1.807) is 50.4 Å². The highest BCUT2D eigenvalue weighted by atomic mass is 35.5. The smallest absolute Gasteiger partial charge is 0.264 e. The first-order chi connectivity index (χ1) is 20.6. The van der Waals surface area contributed by atoms with Gasteiger partial charge in [0.2, 0.25) is 11.8 Å². The molecular weight excluding hydrogens is 590 g/mol. The third-order valence-corrected chi connectivity index (χ3v) is 9.75. The summed E-state index contributed by atoms with van der Waals surface area (Å²) in [6.07, 6.45) is 5.03. The van der Waals surface area contributed by atoms with Gasteiger partial charge in [0, 0.05) is 12.6 Å². The first-order valence-corrected chi connectivity index (χ1v) is 16.1. The first-order valence-electron chi connectivity index (χ1n) is 14.3. The van der Waals surface area contributed by atoms with Crippen LogP contribution in [-0.2, 0) is 26.2 Å². The van der Waals surface area contributed by atoms with Crippen LogP contribution in [-0.4, -0.2) is 58.0 Å². The molecule has 3 aromatic carbocycles. The number of halogens is 1. The molecule has 0 bridgehead atoms. The summed E-state index contributed by atoms with van der Waals surface area (Å²) in [5.74, 6) is 0.191. The van der Waals surface area contributed by atoms with Gasteiger partial charge in [0.1, 0.15) is 24.1 Å². The number of carbonyl (C=O) groups excluding carboxylic acids is 2. The summed E-state index contributed by atoms with van der Waals surface area (Å²) in [4.78, 5) is 29.0. The van der Waals surface area contributed by atoms with Crippen LogP contribution < -0.4 is 19.1 Å². The third kappa shape index (κ3) is 8.00. The molecule has 0 aliphatic heterocycles. The van der Waals surface area contributed by atoms with Crippen LogP contribution in [0.5, 0.6) is 11.5 Å². The van der Waals surface area contributed by atoms with Gasteiger partial charge in [0.15, 0.2) is 0 Å². The summed E-state index contributed by atoms with van der Waals surface area (Å²) in [5.41, 5.74) is 0.947. The Kier molecular flexibility index (Phi) is 10.9. The predicted molar refractivity (Wildman–Crippen MR) is 167 cm³/mol. The van der Waals surface area contributed by atoms with Gasteiger partial charge in [-0.05, 0) is 67.8 Å². The lowest BCUT2D eigenvalue weighted by Crippen LogP contribution is -2.53. The maximum absolute atomic E-state index is 14.1. The molecule has 230 valence electrons. The topological polar surface area (TPSA) is 105 Å². The van der Waals surface area contributed by atoms with Crippen molar-refractivity contribution in [3.8, 4) is 11.5 Å². The van der Waals surface area contributed by atoms with E-state index in [4.69, 9.17) is 21.1 Å². The molecule has 3 aromatic rings. The Hall–Kier alpha value is -3.76. The fourth-order valence-electron chi connectivity index (χ4n) is 5.14. The summed E-state index contributed by atoms with van der Waals surface area (Å²) in [5, 5.41) is 3.29. The molecule has 0 spiro atoms. The van der Waals surface area contributed by atoms with E-state index in [-0.39, 0.29) is 34.1 Å². The molecule has 4 rings (SSSR count). The average Bonchev–Trinajstić information content (AvgIpc) is 3.03. The van der Waals surface area contributed by atoms with Crippen LogP contribution in [0.3, 0.4) is 0 Å². The number of methoxy groups -OCH3 is 2. The molecule has 1 fully saturated rings. The first kappa shape index (κ1) is 32.2. The lowest BCUT2D eigenvalue weighted by Gasteiger charge is -2.33. The van der Waals surface area contributed by atoms with Crippen LogP contribution in [0, 0.1) is 0 Å². The van der Waals surface area contributed by atoms with E-state index in [0.29, 0.717) is 11.5 Å². The van der Waals surface area contributed by atoms with Crippen LogP contribution in [0.4, 0.5) is 5.69 Å². The molecule has 2 amide bonds. The van der Waals surface area contributed by atoms with E-state index in [9.17, 15) is 18.0 Å². The molecule has 1 atom stereocenters. The second-order valence-corrected chi connectivity index (χ2v) is 12.8. The van der Waals surface area contributed by atoms with Crippen LogP contribution in [0.25, 0.3) is 0 Å². The van der Waals surface area contributed by atoms with Gasteiger partial charge in [-0.1, -0.05) is 61.2 Å². The zero-order valence-corrected chi connectivity index (χ0v) is 26.2. The molecule has 0 heterocycles. The van der Waals surface area contributed by atoms with E-state index >= 15 is 0 Å². The van der Waals surface area contributed by atoms with Gasteiger partial charge in [-0.25, -0.2) is 8.42 Å². The number of carbonyl (C=O) groups is 2. The Balaban J connectivity index is 1.69. The summed E-state index contributed by atoms with van der Waals surface area (Å²) in [6.45, 7) is 1.20. The minimum atomic E-state index is -4.20. The SMILES string of the molecule is COc1ccc(CN(C(=O)CN(c2ccc(OC)c(Cl)c2)S(=O)(=O)c2ccccc2)[C@@H](C)C(=O)NC2CCCCC2)cc1. The zero-order valence-electron chi connectivity index (χ0n) is 24.7. The molecule has 1 aliphatic rings. The highest BCUT2D eigenvalue weighted by Gasteiger charge is 2.33. The number of amides is 2. The fourth-order valence-corrected chi connectivity index (χ4v) is 6.82. The Morgan fingerprint density at radius 1 is 0.953 bits per heavy atom. The maximum Gasteiger partial charge on any atom is 0.264 e. The predicted octanol–water partition coefficient (Wildman–Crippen LogP) is 5.42. The number of benzene rings is 3. The van der Waals surface area contributed by atoms with E-state index in [1.165, 1.54) is 36.3 Å². The Morgan fingerprint density at radius 3 is 2.23 bits per heavy atom. The van der Waals surface area contributed by atoms with Crippen LogP contribution >= 0.6 is 11.6 Å². The number of sulfonamides is 1. The van der Waals surface area contributed by atoms with Gasteiger partial charge in [0.05, 0.1) is 29.8 Å². The lowest BCUT2D eigenvalue weighted by molar-refractivity contribution is -0.139. The zero-order chi connectivity index (χ0) is 31.0. The van der Waals surface area contributed by atoms with E-state index in [1.807, 2.05) is 12.1 Å². The molecule has 1 saturated carbocycles. The molecule has 0 saturated heterocycles. The van der Waals surface area contributed by atoms with Gasteiger partial charge in [0.25, 0.3) is 10.0 Å². The Labute approximate surface area is 258 Å². The van der Waals surface area contributed by atoms with Crippen molar-refractivity contribution in [3.05, 3.63) is 83.4 Å². The number of nitrogens with zero attached hydrogens (tertiary/aromatic N) is 2. The maximum atomic E-state index is 14.1. The minimum absolute atomic E-state index is 0.0135. The molecule has 0 unspecified atom stereocenters. The Bertz CT molecular complexity index is 1500. The second kappa shape index (κ2) is 14.6. The van der Waals surface area contributed by atoms with Crippen molar-refractivity contribution in [2.75, 3.05) is 25.1 Å². The highest BCUT2D eigenvalue weighted by Crippen LogP contribution is 2.32. The van der Waals surface area contributed by atoms with Crippen LogP contribution in [0.15, 0.2) is 77.7 Å². The largest absolute Gasteiger partial charge is 0.497 e. The van der Waals surface area contributed by atoms with Gasteiger partial charge in [-0.2, -0.15) is 0 Å². The molecule has 1 N–H and O–H groups in total. The summed E-state index contributed by atoms with van der Waals surface area (Å²) in [6, 6.07) is 18.8. The van der Waals surface area contributed by atoms with Crippen LogP contribution in [0.1, 0.15) is 44.6 Å². The second-order valence-electron chi connectivity index (χ2n) is 10.5. The normalized spacial score (nSPS) is 14.4. The van der Waals surface area contributed by atoms with Crippen molar-refractivity contribution < 1.29 is 27.5 Å². The van der Waals surface area contributed by atoms with Crippen molar-refractivity contribution >= 4 is 39.1 Å². The molecule has 0 radical (unpaired) electrons. The third-order valence-electron chi connectivity index (χ3n) is 7.66. The van der Waals surface area contributed by atoms with E-state index in [2.05, 4.69) is 5.32 Å². The number of hydrogen-bond acceptors (Lipinski definition) is 6. The standard InChI is InChI=1S/C32H38ClN3O6S/c1-23(32(38)34-25-10-6-4-7-11-25)35(21-24-14-17-27(41-2)18-15-24)31(37)22-36(26-16-19-30(42-3)29(33)20-26)43(39,40)28-12-8-5-9-13-28/h5,8-9,12-20,23,25H,4,6-7,10-11,21-22H2,1-3H3,(H,34,38)/t23-/m0/s1. The van der Waals surface area contributed by atoms with Crippen molar-refractivity contribution in [2.24, 2.45) is 0 Å². The minimum Gasteiger partial charge on any atom is -0.497 e. The van der Waals surface area contributed by atoms with Crippen molar-refractivity contribution in [2.45, 2.75) is 62.6 Å². The highest BCUT2D eigenvalue weighted by molar-refractivity contribution is 7.92. The molecule has 0 aromatic heterocycles.